The van der Waals surface area contributed by atoms with Gasteiger partial charge in [-0.05, 0) is 67.4 Å². The fraction of sp³-hybridized carbons (Fsp3) is 0.513. The van der Waals surface area contributed by atoms with Gasteiger partial charge in [-0.2, -0.15) is 0 Å². The molecule has 1 aromatic carbocycles. The van der Waals surface area contributed by atoms with Crippen molar-refractivity contribution in [1.29, 1.82) is 0 Å². The van der Waals surface area contributed by atoms with Crippen LogP contribution in [-0.2, 0) is 37.6 Å². The lowest BCUT2D eigenvalue weighted by molar-refractivity contribution is -0.138. The fourth-order valence-corrected chi connectivity index (χ4v) is 7.01. The molecule has 0 saturated heterocycles. The second kappa shape index (κ2) is 17.9. The van der Waals surface area contributed by atoms with Crippen LogP contribution in [-0.4, -0.2) is 100 Å². The number of nitrogens with zero attached hydrogens (tertiary/aromatic N) is 4. The highest BCUT2D eigenvalue weighted by atomic mass is 16.3. The van der Waals surface area contributed by atoms with Crippen molar-refractivity contribution in [2.45, 2.75) is 89.8 Å². The number of urea groups is 1. The molecule has 5 rings (SSSR count). The number of aliphatic imine (C=N–C) groups is 1. The third-order valence-corrected chi connectivity index (χ3v) is 10.4. The molecule has 0 unspecified atom stereocenters. The first-order chi connectivity index (χ1) is 26.3. The van der Waals surface area contributed by atoms with Crippen LogP contribution < -0.4 is 33.2 Å². The van der Waals surface area contributed by atoms with E-state index in [9.17, 15) is 29.1 Å². The molecule has 10 N–H and O–H groups in total. The van der Waals surface area contributed by atoms with Gasteiger partial charge in [0, 0.05) is 62.4 Å². The number of nitrogens with one attached hydrogen (secondary N) is 3. The number of aliphatic hydroxyl groups is 1. The van der Waals surface area contributed by atoms with Gasteiger partial charge in [0.05, 0.1) is 35.6 Å². The number of amidine groups is 1. The fourth-order valence-electron chi connectivity index (χ4n) is 7.01. The Bertz CT molecular complexity index is 1850. The summed E-state index contributed by atoms with van der Waals surface area (Å²) in [5.41, 5.74) is 21.4. The van der Waals surface area contributed by atoms with Crippen molar-refractivity contribution in [3.63, 3.8) is 0 Å². The monoisotopic (exact) mass is 758 g/mol. The van der Waals surface area contributed by atoms with Gasteiger partial charge in [-0.15, -0.1) is 0 Å². The van der Waals surface area contributed by atoms with Gasteiger partial charge in [-0.1, -0.05) is 32.9 Å². The van der Waals surface area contributed by atoms with E-state index in [1.54, 1.807) is 22.1 Å². The Morgan fingerprint density at radius 2 is 1.87 bits per heavy atom. The maximum Gasteiger partial charge on any atom is 0.312 e. The molecular formula is C39H54N10O6. The molecule has 2 atom stereocenters. The quantitative estimate of drug-likeness (QED) is 0.123. The molecule has 6 amide bonds. The van der Waals surface area contributed by atoms with Crippen LogP contribution in [0.4, 0.5) is 16.2 Å². The highest BCUT2D eigenvalue weighted by Crippen LogP contribution is 2.50. The van der Waals surface area contributed by atoms with Gasteiger partial charge < -0.3 is 48.1 Å². The molecule has 1 fully saturated rings. The van der Waals surface area contributed by atoms with Crippen molar-refractivity contribution in [1.82, 2.24) is 25.4 Å². The lowest BCUT2D eigenvalue weighted by Gasteiger charge is -2.32. The number of anilines is 1. The number of rotatable bonds is 16. The smallest absolute Gasteiger partial charge is 0.312 e. The molecule has 3 heterocycles. The zero-order chi connectivity index (χ0) is 39.9. The van der Waals surface area contributed by atoms with Crippen LogP contribution in [0.2, 0.25) is 0 Å². The number of nitrogens with two attached hydrogens (primary N) is 3. The van der Waals surface area contributed by atoms with E-state index in [0.717, 1.165) is 23.2 Å². The first-order valence-corrected chi connectivity index (χ1v) is 19.0. The van der Waals surface area contributed by atoms with Crippen molar-refractivity contribution in [2.75, 3.05) is 38.1 Å². The summed E-state index contributed by atoms with van der Waals surface area (Å²) >= 11 is 0. The normalized spacial score (nSPS) is 16.7. The van der Waals surface area contributed by atoms with Crippen molar-refractivity contribution >= 4 is 52.9 Å². The van der Waals surface area contributed by atoms with Gasteiger partial charge in [0.15, 0.2) is 0 Å². The Morgan fingerprint density at radius 1 is 1.11 bits per heavy atom. The summed E-state index contributed by atoms with van der Waals surface area (Å²) in [5.74, 6) is -0.933. The largest absolute Gasteiger partial charge is 0.395 e. The summed E-state index contributed by atoms with van der Waals surface area (Å²) in [6.45, 7) is 7.11. The predicted octanol–water partition coefficient (Wildman–Crippen LogP) is 1.56. The van der Waals surface area contributed by atoms with Gasteiger partial charge in [-0.25, -0.2) is 9.79 Å². The number of pyridine rings is 1. The maximum absolute atomic E-state index is 13.9. The van der Waals surface area contributed by atoms with Gasteiger partial charge in [-0.3, -0.25) is 24.2 Å². The Labute approximate surface area is 321 Å². The average Bonchev–Trinajstić information content (AvgIpc) is 3.99. The molecular weight excluding hydrogens is 704 g/mol. The second-order valence-corrected chi connectivity index (χ2v) is 14.9. The Morgan fingerprint density at radius 3 is 2.55 bits per heavy atom. The van der Waals surface area contributed by atoms with E-state index in [1.807, 2.05) is 45.0 Å². The number of aliphatic hydroxyl groups excluding tert-OH is 1. The van der Waals surface area contributed by atoms with Crippen molar-refractivity contribution in [3.8, 4) is 0 Å². The summed E-state index contributed by atoms with van der Waals surface area (Å²) in [6, 6.07) is 5.12. The zero-order valence-electron chi connectivity index (χ0n) is 31.9. The average molecular weight is 759 g/mol. The van der Waals surface area contributed by atoms with E-state index in [0.29, 0.717) is 61.3 Å². The molecule has 296 valence electrons. The molecule has 2 aliphatic heterocycles. The number of hydrogen-bond acceptors (Lipinski definition) is 10. The van der Waals surface area contributed by atoms with Crippen LogP contribution in [0.15, 0.2) is 41.0 Å². The number of fused-ring (bicyclic) bond motifs is 2. The summed E-state index contributed by atoms with van der Waals surface area (Å²) in [6.07, 6.45) is 6.77. The van der Waals surface area contributed by atoms with Crippen LogP contribution in [0, 0.1) is 5.92 Å². The van der Waals surface area contributed by atoms with Gasteiger partial charge in [0.25, 0.3) is 0 Å². The van der Waals surface area contributed by atoms with Crippen LogP contribution in [0.1, 0.15) is 81.7 Å². The zero-order valence-corrected chi connectivity index (χ0v) is 31.9. The number of aromatic nitrogens is 1. The van der Waals surface area contributed by atoms with Crippen molar-refractivity contribution < 1.29 is 29.1 Å². The molecule has 16 heteroatoms. The summed E-state index contributed by atoms with van der Waals surface area (Å²) in [7, 11) is 0. The van der Waals surface area contributed by atoms with Crippen LogP contribution >= 0.6 is 0 Å². The van der Waals surface area contributed by atoms with Crippen LogP contribution in [0.3, 0.4) is 0 Å². The molecule has 55 heavy (non-hydrogen) atoms. The number of carbonyl (C=O) groups excluding carboxylic acids is 5. The highest BCUT2D eigenvalue weighted by Gasteiger charge is 2.51. The lowest BCUT2D eigenvalue weighted by atomic mass is 9.92. The van der Waals surface area contributed by atoms with Crippen molar-refractivity contribution in [2.24, 2.45) is 28.1 Å². The molecule has 0 spiro atoms. The minimum atomic E-state index is -0.857. The van der Waals surface area contributed by atoms with Crippen molar-refractivity contribution in [3.05, 3.63) is 58.4 Å². The number of hydrogen-bond donors (Lipinski definition) is 7. The van der Waals surface area contributed by atoms with Gasteiger partial charge in [0.2, 0.25) is 23.6 Å². The predicted molar refractivity (Wildman–Crippen MR) is 209 cm³/mol. The molecule has 1 aromatic heterocycles. The highest BCUT2D eigenvalue weighted by molar-refractivity contribution is 6.06. The molecule has 0 bridgehead atoms. The molecule has 1 saturated carbocycles. The maximum atomic E-state index is 13.9. The Balaban J connectivity index is 1.29. The first kappa shape index (κ1) is 40.8. The van der Waals surface area contributed by atoms with Crippen LogP contribution in [0.5, 0.6) is 0 Å². The molecule has 1 aliphatic carbocycles. The minimum absolute atomic E-state index is 0.129. The summed E-state index contributed by atoms with van der Waals surface area (Å²) < 4.78 is 0. The lowest BCUT2D eigenvalue weighted by Crippen LogP contribution is -2.54. The molecule has 3 aliphatic rings. The number of carbonyl (C=O) groups is 5. The van der Waals surface area contributed by atoms with E-state index in [2.05, 4.69) is 25.9 Å². The van der Waals surface area contributed by atoms with E-state index >= 15 is 0 Å². The standard InChI is InChI=1S/C39H54N10O6/c1-4-13-48(15-16-50)35(52)25-17-24-7-8-27(20-31(24)46-32(40)19-25)39(10-11-39)37(54)45-28-18-26-22-49(14-9-29(26)44-21-28)36(53)30(6-5-12-43-38(42)55)47-34(51)33(41)23(2)3/h7-8,17-18,20-21,23,30,33,50H,4-6,9-16,19,22,41H2,1-3H3,(H2,40,46)(H,45,54)(H,47,51)(H3,42,43,55)/t30-,33-/m0/s1. The number of benzene rings is 1. The minimum Gasteiger partial charge on any atom is -0.395 e. The molecule has 2 aromatic rings. The Hall–Kier alpha value is -5.35. The van der Waals surface area contributed by atoms with E-state index in [4.69, 9.17) is 17.2 Å². The van der Waals surface area contributed by atoms with E-state index in [-0.39, 0.29) is 68.6 Å². The number of amides is 6. The summed E-state index contributed by atoms with van der Waals surface area (Å²) in [5, 5.41) is 17.9. The third kappa shape index (κ3) is 9.85. The van der Waals surface area contributed by atoms with Gasteiger partial charge in [0.1, 0.15) is 11.9 Å². The van der Waals surface area contributed by atoms with Crippen LogP contribution in [0.25, 0.3) is 6.08 Å². The summed E-state index contributed by atoms with van der Waals surface area (Å²) in [4.78, 5) is 77.6. The third-order valence-electron chi connectivity index (χ3n) is 10.4. The van der Waals surface area contributed by atoms with Gasteiger partial charge >= 0.3 is 6.03 Å². The topological polar surface area (TPSA) is 251 Å². The van der Waals surface area contributed by atoms with E-state index in [1.165, 1.54) is 0 Å². The Kier molecular flexibility index (Phi) is 13.3. The second-order valence-electron chi connectivity index (χ2n) is 14.9. The van der Waals surface area contributed by atoms with E-state index < -0.39 is 29.4 Å². The molecule has 16 nitrogen and oxygen atoms in total. The number of primary amides is 1. The SMILES string of the molecule is CCCN(CCO)C(=O)C1=Cc2ccc(C3(C(=O)Nc4cnc5c(c4)CN(C(=O)[C@H](CCCNC(N)=O)NC(=O)[C@@H](N)C(C)C)CC5)CC3)cc2N=C(N)C1. The molecule has 0 radical (unpaired) electrons. The first-order valence-electron chi connectivity index (χ1n) is 19.0.